The second kappa shape index (κ2) is 5.56. The van der Waals surface area contributed by atoms with E-state index in [-0.39, 0.29) is 23.6 Å². The van der Waals surface area contributed by atoms with E-state index >= 15 is 0 Å². The number of benzene rings is 1. The molecule has 1 amide bonds. The summed E-state index contributed by atoms with van der Waals surface area (Å²) in [6.45, 7) is 2.54. The second-order valence-electron chi connectivity index (χ2n) is 5.22. The third-order valence-corrected chi connectivity index (χ3v) is 3.89. The second-order valence-corrected chi connectivity index (χ2v) is 5.22. The molecule has 110 valence electrons. The number of hydrogen-bond donors (Lipinski definition) is 2. The van der Waals surface area contributed by atoms with Gasteiger partial charge in [-0.15, -0.1) is 0 Å². The summed E-state index contributed by atoms with van der Waals surface area (Å²) in [5, 5.41) is 0. The minimum Gasteiger partial charge on any atom is -0.494 e. The van der Waals surface area contributed by atoms with Crippen molar-refractivity contribution in [2.24, 2.45) is 11.7 Å². The lowest BCUT2D eigenvalue weighted by molar-refractivity contribution is -0.122. The summed E-state index contributed by atoms with van der Waals surface area (Å²) in [4.78, 5) is 13.4. The highest BCUT2D eigenvalue weighted by Gasteiger charge is 2.30. The Hall–Kier alpha value is -1.98. The molecule has 4 N–H and O–H groups in total. The van der Waals surface area contributed by atoms with Crippen molar-refractivity contribution < 1.29 is 13.9 Å². The van der Waals surface area contributed by atoms with Gasteiger partial charge < -0.3 is 21.1 Å². The highest BCUT2D eigenvalue weighted by atomic mass is 19.1. The van der Waals surface area contributed by atoms with Gasteiger partial charge in [0.15, 0.2) is 11.6 Å². The molecule has 1 aliphatic rings. The summed E-state index contributed by atoms with van der Waals surface area (Å²) in [7, 11) is 1.41. The molecule has 20 heavy (non-hydrogen) atoms. The summed E-state index contributed by atoms with van der Waals surface area (Å²) in [5.41, 5.74) is 12.3. The lowest BCUT2D eigenvalue weighted by Crippen LogP contribution is -2.46. The van der Waals surface area contributed by atoms with Crippen LogP contribution in [0.15, 0.2) is 12.1 Å². The first-order chi connectivity index (χ1) is 9.43. The van der Waals surface area contributed by atoms with Gasteiger partial charge in [0.25, 0.3) is 0 Å². The number of ether oxygens (including phenoxy) is 1. The van der Waals surface area contributed by atoms with Gasteiger partial charge in [-0.2, -0.15) is 0 Å². The van der Waals surface area contributed by atoms with Crippen molar-refractivity contribution >= 4 is 17.3 Å². The quantitative estimate of drug-likeness (QED) is 0.823. The number of hydrogen-bond acceptors (Lipinski definition) is 4. The van der Waals surface area contributed by atoms with E-state index in [0.29, 0.717) is 17.9 Å². The third-order valence-electron chi connectivity index (χ3n) is 3.89. The molecule has 2 rings (SSSR count). The molecule has 1 heterocycles. The molecule has 0 spiro atoms. The largest absolute Gasteiger partial charge is 0.494 e. The molecule has 1 aromatic carbocycles. The molecule has 2 unspecified atom stereocenters. The number of piperidine rings is 1. The van der Waals surface area contributed by atoms with Crippen molar-refractivity contribution in [1.82, 2.24) is 0 Å². The number of methoxy groups -OCH3 is 1. The van der Waals surface area contributed by atoms with Crippen LogP contribution in [0.25, 0.3) is 0 Å². The Morgan fingerprint density at radius 3 is 2.75 bits per heavy atom. The van der Waals surface area contributed by atoms with E-state index in [1.54, 1.807) is 6.07 Å². The predicted octanol–water partition coefficient (Wildman–Crippen LogP) is 1.51. The Bertz CT molecular complexity index is 521. The van der Waals surface area contributed by atoms with Crippen molar-refractivity contribution in [2.45, 2.75) is 25.8 Å². The average Bonchev–Trinajstić information content (AvgIpc) is 2.40. The standard InChI is InChI=1S/C14H20FN3O2/c1-8-3-4-9(14(17)19)7-18(8)12-6-13(20-2)10(15)5-11(12)16/h5-6,8-9H,3-4,7,16H2,1-2H3,(H2,17,19). The average molecular weight is 281 g/mol. The molecule has 0 aliphatic carbocycles. The van der Waals surface area contributed by atoms with Crippen LogP contribution in [0.5, 0.6) is 5.75 Å². The topological polar surface area (TPSA) is 81.6 Å². The minimum atomic E-state index is -0.495. The van der Waals surface area contributed by atoms with Crippen LogP contribution in [-0.4, -0.2) is 25.6 Å². The number of nitrogens with zero attached hydrogens (tertiary/aromatic N) is 1. The molecular weight excluding hydrogens is 261 g/mol. The fraction of sp³-hybridized carbons (Fsp3) is 0.500. The van der Waals surface area contributed by atoms with Crippen LogP contribution >= 0.6 is 0 Å². The number of nitrogen functional groups attached to an aromatic ring is 1. The van der Waals surface area contributed by atoms with Gasteiger partial charge in [-0.25, -0.2) is 4.39 Å². The molecule has 0 radical (unpaired) electrons. The van der Waals surface area contributed by atoms with Crippen LogP contribution in [0.2, 0.25) is 0 Å². The Morgan fingerprint density at radius 2 is 2.15 bits per heavy atom. The van der Waals surface area contributed by atoms with E-state index in [0.717, 1.165) is 12.8 Å². The number of rotatable bonds is 3. The number of primary amides is 1. The summed E-state index contributed by atoms with van der Waals surface area (Å²) in [5.74, 6) is -0.872. The van der Waals surface area contributed by atoms with Gasteiger partial charge in [0, 0.05) is 24.7 Å². The highest BCUT2D eigenvalue weighted by molar-refractivity contribution is 5.78. The van der Waals surface area contributed by atoms with Crippen molar-refractivity contribution in [3.8, 4) is 5.75 Å². The zero-order valence-corrected chi connectivity index (χ0v) is 11.7. The lowest BCUT2D eigenvalue weighted by Gasteiger charge is -2.39. The first-order valence-electron chi connectivity index (χ1n) is 6.63. The molecule has 0 bridgehead atoms. The summed E-state index contributed by atoms with van der Waals surface area (Å²) < 4.78 is 18.6. The highest BCUT2D eigenvalue weighted by Crippen LogP contribution is 2.35. The Kier molecular flexibility index (Phi) is 4.01. The molecule has 6 heteroatoms. The van der Waals surface area contributed by atoms with Crippen molar-refractivity contribution in [2.75, 3.05) is 24.3 Å². The van der Waals surface area contributed by atoms with Crippen molar-refractivity contribution in [1.29, 1.82) is 0 Å². The van der Waals surface area contributed by atoms with Crippen molar-refractivity contribution in [3.63, 3.8) is 0 Å². The smallest absolute Gasteiger partial charge is 0.222 e. The van der Waals surface area contributed by atoms with E-state index in [4.69, 9.17) is 16.2 Å². The molecular formula is C14H20FN3O2. The molecule has 1 fully saturated rings. The van der Waals surface area contributed by atoms with E-state index in [1.165, 1.54) is 13.2 Å². The molecule has 2 atom stereocenters. The number of nitrogens with two attached hydrogens (primary N) is 2. The summed E-state index contributed by atoms with van der Waals surface area (Å²) in [6.07, 6.45) is 1.61. The molecule has 1 aliphatic heterocycles. The number of carbonyl (C=O) groups excluding carboxylic acids is 1. The number of halogens is 1. The van der Waals surface area contributed by atoms with Gasteiger partial charge in [0.2, 0.25) is 5.91 Å². The first-order valence-corrected chi connectivity index (χ1v) is 6.63. The van der Waals surface area contributed by atoms with Gasteiger partial charge in [-0.1, -0.05) is 0 Å². The Morgan fingerprint density at radius 1 is 1.45 bits per heavy atom. The Labute approximate surface area is 117 Å². The lowest BCUT2D eigenvalue weighted by atomic mass is 9.92. The van der Waals surface area contributed by atoms with Gasteiger partial charge in [0.1, 0.15) is 0 Å². The van der Waals surface area contributed by atoms with Gasteiger partial charge in [-0.05, 0) is 19.8 Å². The van der Waals surface area contributed by atoms with Gasteiger partial charge in [-0.3, -0.25) is 4.79 Å². The summed E-state index contributed by atoms with van der Waals surface area (Å²) in [6, 6.07) is 3.03. The van der Waals surface area contributed by atoms with E-state index in [9.17, 15) is 9.18 Å². The maximum atomic E-state index is 13.6. The number of anilines is 2. The zero-order valence-electron chi connectivity index (χ0n) is 11.7. The van der Waals surface area contributed by atoms with E-state index in [2.05, 4.69) is 0 Å². The van der Waals surface area contributed by atoms with Crippen LogP contribution < -0.4 is 21.1 Å². The van der Waals surface area contributed by atoms with E-state index in [1.807, 2.05) is 11.8 Å². The molecule has 1 saturated heterocycles. The van der Waals surface area contributed by atoms with Gasteiger partial charge in [0.05, 0.1) is 24.4 Å². The van der Waals surface area contributed by atoms with Crippen LogP contribution in [0.3, 0.4) is 0 Å². The van der Waals surface area contributed by atoms with Crippen LogP contribution in [0, 0.1) is 11.7 Å². The molecule has 0 saturated carbocycles. The summed E-state index contributed by atoms with van der Waals surface area (Å²) >= 11 is 0. The fourth-order valence-electron chi connectivity index (χ4n) is 2.64. The molecule has 0 aromatic heterocycles. The van der Waals surface area contributed by atoms with Crippen molar-refractivity contribution in [3.05, 3.63) is 17.9 Å². The maximum Gasteiger partial charge on any atom is 0.222 e. The molecule has 1 aromatic rings. The Balaban J connectivity index is 2.35. The third kappa shape index (κ3) is 2.64. The number of carbonyl (C=O) groups is 1. The number of amides is 1. The predicted molar refractivity (Wildman–Crippen MR) is 76.1 cm³/mol. The van der Waals surface area contributed by atoms with Crippen LogP contribution in [0.4, 0.5) is 15.8 Å². The fourth-order valence-corrected chi connectivity index (χ4v) is 2.64. The maximum absolute atomic E-state index is 13.6. The molecule has 5 nitrogen and oxygen atoms in total. The first kappa shape index (κ1) is 14.4. The monoisotopic (exact) mass is 281 g/mol. The zero-order chi connectivity index (χ0) is 14.9. The minimum absolute atomic E-state index is 0.141. The van der Waals surface area contributed by atoms with Crippen LogP contribution in [-0.2, 0) is 4.79 Å². The van der Waals surface area contributed by atoms with Gasteiger partial charge >= 0.3 is 0 Å². The SMILES string of the molecule is COc1cc(N2CC(C(N)=O)CCC2C)c(N)cc1F. The van der Waals surface area contributed by atoms with E-state index < -0.39 is 5.82 Å². The van der Waals surface area contributed by atoms with Crippen LogP contribution in [0.1, 0.15) is 19.8 Å². The normalized spacial score (nSPS) is 22.6.